The largest absolute Gasteiger partial charge is 0.451 e. The Labute approximate surface area is 178 Å². The summed E-state index contributed by atoms with van der Waals surface area (Å²) in [5, 5.41) is 5.74. The van der Waals surface area contributed by atoms with Gasteiger partial charge in [0.2, 0.25) is 0 Å². The summed E-state index contributed by atoms with van der Waals surface area (Å²) in [4.78, 5) is 28.9. The first-order valence-electron chi connectivity index (χ1n) is 9.31. The van der Waals surface area contributed by atoms with Crippen LogP contribution in [0.5, 0.6) is 0 Å². The van der Waals surface area contributed by atoms with E-state index in [2.05, 4.69) is 10.3 Å². The summed E-state index contributed by atoms with van der Waals surface area (Å²) in [7, 11) is 0. The molecule has 0 unspecified atom stereocenters. The molecule has 0 fully saturated rings. The highest BCUT2D eigenvalue weighted by Crippen LogP contribution is 2.26. The van der Waals surface area contributed by atoms with E-state index in [1.165, 1.54) is 11.3 Å². The Morgan fingerprint density at radius 3 is 2.45 bits per heavy atom. The number of hydrogen-bond donors (Lipinski definition) is 1. The molecular formula is C22H21ClN2O3S. The molecule has 0 spiro atoms. The van der Waals surface area contributed by atoms with Crippen LogP contribution in [0.3, 0.4) is 0 Å². The van der Waals surface area contributed by atoms with Gasteiger partial charge >= 0.3 is 5.97 Å². The molecule has 0 atom stereocenters. The SMILES string of the molecule is CCc1cccc(CC)c1NC(=O)COC(=O)c1csc(-c2cccc(Cl)c2)n1. The van der Waals surface area contributed by atoms with Crippen molar-refractivity contribution in [1.29, 1.82) is 0 Å². The number of nitrogens with one attached hydrogen (secondary N) is 1. The Morgan fingerprint density at radius 2 is 1.79 bits per heavy atom. The number of rotatable bonds is 7. The van der Waals surface area contributed by atoms with Gasteiger partial charge in [0.15, 0.2) is 12.3 Å². The Bertz CT molecular complexity index is 1010. The zero-order valence-corrected chi connectivity index (χ0v) is 17.8. The fraction of sp³-hybridized carbons (Fsp3) is 0.227. The lowest BCUT2D eigenvalue weighted by Gasteiger charge is -2.14. The second kappa shape index (κ2) is 9.67. The molecule has 0 aliphatic heterocycles. The molecule has 29 heavy (non-hydrogen) atoms. The van der Waals surface area contributed by atoms with Crippen molar-refractivity contribution in [2.45, 2.75) is 26.7 Å². The van der Waals surface area contributed by atoms with Crippen molar-refractivity contribution in [2.75, 3.05) is 11.9 Å². The molecule has 0 saturated carbocycles. The number of amides is 1. The van der Waals surface area contributed by atoms with Gasteiger partial charge in [0.1, 0.15) is 5.01 Å². The average Bonchev–Trinajstić information content (AvgIpc) is 3.22. The van der Waals surface area contributed by atoms with Crippen LogP contribution in [-0.4, -0.2) is 23.5 Å². The van der Waals surface area contributed by atoms with Gasteiger partial charge in [-0.15, -0.1) is 11.3 Å². The van der Waals surface area contributed by atoms with Crippen LogP contribution in [0.1, 0.15) is 35.5 Å². The molecule has 0 aliphatic carbocycles. The van der Waals surface area contributed by atoms with Crippen LogP contribution in [0, 0.1) is 0 Å². The minimum atomic E-state index is -0.635. The maximum absolute atomic E-state index is 12.3. The van der Waals surface area contributed by atoms with E-state index in [0.717, 1.165) is 35.2 Å². The van der Waals surface area contributed by atoms with Crippen molar-refractivity contribution in [1.82, 2.24) is 4.98 Å². The van der Waals surface area contributed by atoms with Gasteiger partial charge in [-0.05, 0) is 36.1 Å². The number of thiazole rings is 1. The molecule has 0 radical (unpaired) electrons. The van der Waals surface area contributed by atoms with Crippen molar-refractivity contribution in [2.24, 2.45) is 0 Å². The smallest absolute Gasteiger partial charge is 0.358 e. The summed E-state index contributed by atoms with van der Waals surface area (Å²) < 4.78 is 5.15. The summed E-state index contributed by atoms with van der Waals surface area (Å²) in [5.74, 6) is -1.01. The van der Waals surface area contributed by atoms with Crippen LogP contribution in [0.4, 0.5) is 5.69 Å². The fourth-order valence-corrected chi connectivity index (χ4v) is 3.88. The number of anilines is 1. The molecule has 1 N–H and O–H groups in total. The van der Waals surface area contributed by atoms with Crippen LogP contribution >= 0.6 is 22.9 Å². The summed E-state index contributed by atoms with van der Waals surface area (Å²) in [6.45, 7) is 3.69. The lowest BCUT2D eigenvalue weighted by molar-refractivity contribution is -0.119. The van der Waals surface area contributed by atoms with E-state index < -0.39 is 5.97 Å². The van der Waals surface area contributed by atoms with Gasteiger partial charge in [0, 0.05) is 21.7 Å². The number of esters is 1. The number of aromatic nitrogens is 1. The number of carbonyl (C=O) groups is 2. The minimum Gasteiger partial charge on any atom is -0.451 e. The third-order valence-electron chi connectivity index (χ3n) is 4.38. The Kier molecular flexibility index (Phi) is 7.01. The van der Waals surface area contributed by atoms with E-state index in [9.17, 15) is 9.59 Å². The predicted molar refractivity (Wildman–Crippen MR) is 117 cm³/mol. The van der Waals surface area contributed by atoms with Gasteiger partial charge in [0.05, 0.1) is 0 Å². The normalized spacial score (nSPS) is 10.6. The standard InChI is InChI=1S/C22H21ClN2O3S/c1-3-14-7-5-8-15(4-2)20(14)25-19(26)12-28-22(27)18-13-29-21(24-18)16-9-6-10-17(23)11-16/h5-11,13H,3-4,12H2,1-2H3,(H,25,26). The second-order valence-corrected chi connectivity index (χ2v) is 7.63. The lowest BCUT2D eigenvalue weighted by Crippen LogP contribution is -2.22. The molecule has 3 rings (SSSR count). The molecule has 0 aliphatic rings. The number of hydrogen-bond acceptors (Lipinski definition) is 5. The van der Waals surface area contributed by atoms with E-state index in [4.69, 9.17) is 16.3 Å². The van der Waals surface area contributed by atoms with Gasteiger partial charge < -0.3 is 10.1 Å². The van der Waals surface area contributed by atoms with E-state index in [0.29, 0.717) is 10.0 Å². The molecule has 3 aromatic rings. The number of halogens is 1. The topological polar surface area (TPSA) is 68.3 Å². The molecule has 150 valence electrons. The third-order valence-corrected chi connectivity index (χ3v) is 5.51. The van der Waals surface area contributed by atoms with Crippen molar-refractivity contribution in [3.8, 4) is 10.6 Å². The monoisotopic (exact) mass is 428 g/mol. The first-order chi connectivity index (χ1) is 14.0. The van der Waals surface area contributed by atoms with Crippen molar-refractivity contribution >= 4 is 40.5 Å². The van der Waals surface area contributed by atoms with Gasteiger partial charge in [-0.1, -0.05) is 55.8 Å². The minimum absolute atomic E-state index is 0.168. The van der Waals surface area contributed by atoms with Crippen molar-refractivity contribution in [3.63, 3.8) is 0 Å². The average molecular weight is 429 g/mol. The highest BCUT2D eigenvalue weighted by atomic mass is 35.5. The zero-order chi connectivity index (χ0) is 20.8. The summed E-state index contributed by atoms with van der Waals surface area (Å²) in [5.41, 5.74) is 3.89. The molecule has 2 aromatic carbocycles. The first kappa shape index (κ1) is 21.0. The predicted octanol–water partition coefficient (Wildman–Crippen LogP) is 5.38. The summed E-state index contributed by atoms with van der Waals surface area (Å²) >= 11 is 7.31. The van der Waals surface area contributed by atoms with Crippen LogP contribution in [0.15, 0.2) is 47.8 Å². The number of aryl methyl sites for hydroxylation is 2. The number of ether oxygens (including phenoxy) is 1. The maximum Gasteiger partial charge on any atom is 0.358 e. The second-order valence-electron chi connectivity index (χ2n) is 6.33. The molecule has 0 bridgehead atoms. The molecule has 7 heteroatoms. The summed E-state index contributed by atoms with van der Waals surface area (Å²) in [6, 6.07) is 13.2. The van der Waals surface area contributed by atoms with E-state index in [1.54, 1.807) is 17.5 Å². The van der Waals surface area contributed by atoms with Crippen molar-refractivity contribution in [3.05, 3.63) is 69.7 Å². The lowest BCUT2D eigenvalue weighted by atomic mass is 10.0. The molecule has 1 heterocycles. The van der Waals surface area contributed by atoms with Gasteiger partial charge in [-0.3, -0.25) is 4.79 Å². The Morgan fingerprint density at radius 1 is 1.10 bits per heavy atom. The van der Waals surface area contributed by atoms with Gasteiger partial charge in [-0.25, -0.2) is 9.78 Å². The first-order valence-corrected chi connectivity index (χ1v) is 10.6. The van der Waals surface area contributed by atoms with Crippen LogP contribution in [0.25, 0.3) is 10.6 Å². The van der Waals surface area contributed by atoms with E-state index in [-0.39, 0.29) is 18.2 Å². The fourth-order valence-electron chi connectivity index (χ4n) is 2.91. The van der Waals surface area contributed by atoms with Crippen molar-refractivity contribution < 1.29 is 14.3 Å². The Hall–Kier alpha value is -2.70. The molecule has 1 aromatic heterocycles. The van der Waals surface area contributed by atoms with Gasteiger partial charge in [-0.2, -0.15) is 0 Å². The van der Waals surface area contributed by atoms with Crippen LogP contribution < -0.4 is 5.32 Å². The van der Waals surface area contributed by atoms with E-state index >= 15 is 0 Å². The summed E-state index contributed by atoms with van der Waals surface area (Å²) in [6.07, 6.45) is 1.60. The molecular weight excluding hydrogens is 408 g/mol. The molecule has 5 nitrogen and oxygen atoms in total. The zero-order valence-electron chi connectivity index (χ0n) is 16.2. The van der Waals surface area contributed by atoms with Crippen LogP contribution in [-0.2, 0) is 22.4 Å². The third kappa shape index (κ3) is 5.22. The van der Waals surface area contributed by atoms with Crippen LogP contribution in [0.2, 0.25) is 5.02 Å². The number of para-hydroxylation sites is 1. The van der Waals surface area contributed by atoms with Gasteiger partial charge in [0.25, 0.3) is 5.91 Å². The molecule has 1 amide bonds. The Balaban J connectivity index is 1.62. The highest BCUT2D eigenvalue weighted by Gasteiger charge is 2.16. The number of nitrogens with zero attached hydrogens (tertiary/aromatic N) is 1. The van der Waals surface area contributed by atoms with E-state index in [1.807, 2.05) is 44.2 Å². The quantitative estimate of drug-likeness (QED) is 0.512. The number of benzene rings is 2. The molecule has 0 saturated heterocycles. The maximum atomic E-state index is 12.3. The number of carbonyl (C=O) groups excluding carboxylic acids is 2. The highest BCUT2D eigenvalue weighted by molar-refractivity contribution is 7.13.